The van der Waals surface area contributed by atoms with E-state index in [2.05, 4.69) is 10.1 Å². The Labute approximate surface area is 128 Å². The van der Waals surface area contributed by atoms with Gasteiger partial charge in [0, 0.05) is 16.5 Å². The molecule has 6 heteroatoms. The maximum absolute atomic E-state index is 10.5. The van der Waals surface area contributed by atoms with Crippen molar-refractivity contribution in [3.05, 3.63) is 33.8 Å². The van der Waals surface area contributed by atoms with Crippen LogP contribution in [0.15, 0.2) is 23.4 Å². The van der Waals surface area contributed by atoms with E-state index in [0.29, 0.717) is 27.9 Å². The summed E-state index contributed by atoms with van der Waals surface area (Å²) in [4.78, 5) is 12.6. The van der Waals surface area contributed by atoms with Crippen molar-refractivity contribution in [2.24, 2.45) is 11.1 Å². The number of oxime groups is 1. The molecule has 0 spiro atoms. The molecule has 0 bridgehead atoms. The highest BCUT2D eigenvalue weighted by molar-refractivity contribution is 6.37. The van der Waals surface area contributed by atoms with Crippen molar-refractivity contribution in [3.63, 3.8) is 0 Å². The normalized spacial score (nSPS) is 18.2. The topological polar surface area (TPSA) is 52.9 Å². The molecule has 1 aliphatic rings. The Hall–Kier alpha value is -1.10. The summed E-state index contributed by atoms with van der Waals surface area (Å²) >= 11 is 12.0. The fourth-order valence-corrected chi connectivity index (χ4v) is 3.05. The van der Waals surface area contributed by atoms with E-state index in [4.69, 9.17) is 23.2 Å². The molecule has 108 valence electrons. The summed E-state index contributed by atoms with van der Waals surface area (Å²) in [5.41, 5.74) is 1.31. The highest BCUT2D eigenvalue weighted by Crippen LogP contribution is 2.28. The summed E-state index contributed by atoms with van der Waals surface area (Å²) in [6, 6.07) is 5.15. The lowest BCUT2D eigenvalue weighted by molar-refractivity contribution is -0.109. The summed E-state index contributed by atoms with van der Waals surface area (Å²) in [6.45, 7) is 2.08. The zero-order chi connectivity index (χ0) is 14.5. The molecule has 1 fully saturated rings. The molecule has 0 aliphatic carbocycles. The van der Waals surface area contributed by atoms with Crippen molar-refractivity contribution in [2.45, 2.75) is 12.8 Å². The number of likely N-dealkylation sites (tertiary alicyclic amines) is 1. The summed E-state index contributed by atoms with van der Waals surface area (Å²) in [6.07, 6.45) is 2.59. The Morgan fingerprint density at radius 2 is 2.10 bits per heavy atom. The summed E-state index contributed by atoms with van der Waals surface area (Å²) < 4.78 is 0. The number of rotatable bonds is 4. The molecule has 1 heterocycles. The lowest BCUT2D eigenvalue weighted by atomic mass is 9.88. The molecule has 1 saturated heterocycles. The van der Waals surface area contributed by atoms with Crippen LogP contribution in [-0.4, -0.2) is 41.7 Å². The Kier molecular flexibility index (Phi) is 5.40. The number of carbonyl (C=O) groups excluding carboxylic acids is 1. The van der Waals surface area contributed by atoms with Gasteiger partial charge in [0.25, 0.3) is 0 Å². The first kappa shape index (κ1) is 15.3. The molecule has 4 nitrogen and oxygen atoms in total. The van der Waals surface area contributed by atoms with Crippen LogP contribution in [0.3, 0.4) is 0 Å². The highest BCUT2D eigenvalue weighted by Gasteiger charge is 2.25. The van der Waals surface area contributed by atoms with Crippen molar-refractivity contribution in [2.75, 3.05) is 19.6 Å². The van der Waals surface area contributed by atoms with Gasteiger partial charge in [-0.15, -0.1) is 0 Å². The van der Waals surface area contributed by atoms with Crippen molar-refractivity contribution in [1.29, 1.82) is 0 Å². The Morgan fingerprint density at radius 3 is 2.65 bits per heavy atom. The number of benzene rings is 1. The summed E-state index contributed by atoms with van der Waals surface area (Å²) in [7, 11) is 0. The molecule has 0 aromatic heterocycles. The van der Waals surface area contributed by atoms with Gasteiger partial charge in [0.1, 0.15) is 6.29 Å². The Balaban J connectivity index is 2.12. The molecular formula is C14H16Cl2N2O2. The third-order valence-electron chi connectivity index (χ3n) is 3.62. The van der Waals surface area contributed by atoms with E-state index < -0.39 is 0 Å². The number of hydrogen-bond donors (Lipinski definition) is 1. The van der Waals surface area contributed by atoms with Gasteiger partial charge in [0.2, 0.25) is 0 Å². The van der Waals surface area contributed by atoms with Gasteiger partial charge >= 0.3 is 0 Å². The van der Waals surface area contributed by atoms with Crippen LogP contribution in [0.5, 0.6) is 0 Å². The minimum Gasteiger partial charge on any atom is -0.411 e. The van der Waals surface area contributed by atoms with Crippen LogP contribution in [-0.2, 0) is 4.79 Å². The average molecular weight is 315 g/mol. The maximum Gasteiger partial charge on any atom is 0.133 e. The molecular weight excluding hydrogens is 299 g/mol. The van der Waals surface area contributed by atoms with E-state index in [1.165, 1.54) is 0 Å². The number of aldehydes is 1. The number of nitrogens with zero attached hydrogens (tertiary/aromatic N) is 2. The Bertz CT molecular complexity index is 512. The van der Waals surface area contributed by atoms with Crippen molar-refractivity contribution in [1.82, 2.24) is 4.90 Å². The molecule has 1 aromatic carbocycles. The monoisotopic (exact) mass is 314 g/mol. The van der Waals surface area contributed by atoms with Crippen molar-refractivity contribution < 1.29 is 10.0 Å². The standard InChI is InChI=1S/C14H16Cl2N2O2/c15-11-1-2-12(13(16)9-11)14(17-20)10-3-5-18(6-4-10)7-8-19/h1-2,8-10,20H,3-7H2. The Morgan fingerprint density at radius 1 is 1.40 bits per heavy atom. The maximum atomic E-state index is 10.5. The SMILES string of the molecule is O=CCN1CCC(C(=NO)c2ccc(Cl)cc2Cl)CC1. The van der Waals surface area contributed by atoms with E-state index in [9.17, 15) is 10.0 Å². The smallest absolute Gasteiger partial charge is 0.133 e. The minimum absolute atomic E-state index is 0.140. The van der Waals surface area contributed by atoms with Crippen LogP contribution in [0.25, 0.3) is 0 Å². The minimum atomic E-state index is 0.140. The number of halogens is 2. The molecule has 1 aliphatic heterocycles. The van der Waals surface area contributed by atoms with E-state index >= 15 is 0 Å². The fraction of sp³-hybridized carbons (Fsp3) is 0.429. The molecule has 1 aromatic rings. The van der Waals surface area contributed by atoms with Gasteiger partial charge in [-0.3, -0.25) is 4.90 Å². The second-order valence-corrected chi connectivity index (χ2v) is 5.69. The van der Waals surface area contributed by atoms with Crippen LogP contribution in [0.4, 0.5) is 0 Å². The zero-order valence-electron chi connectivity index (χ0n) is 10.9. The molecule has 0 amide bonds. The number of hydrogen-bond acceptors (Lipinski definition) is 4. The highest BCUT2D eigenvalue weighted by atomic mass is 35.5. The van der Waals surface area contributed by atoms with Gasteiger partial charge in [0.15, 0.2) is 0 Å². The van der Waals surface area contributed by atoms with Crippen molar-refractivity contribution >= 4 is 35.2 Å². The zero-order valence-corrected chi connectivity index (χ0v) is 12.4. The first-order valence-electron chi connectivity index (χ1n) is 6.49. The van der Waals surface area contributed by atoms with Crippen LogP contribution < -0.4 is 0 Å². The van der Waals surface area contributed by atoms with E-state index in [-0.39, 0.29) is 5.92 Å². The third kappa shape index (κ3) is 3.51. The molecule has 0 atom stereocenters. The molecule has 20 heavy (non-hydrogen) atoms. The van der Waals surface area contributed by atoms with E-state index in [1.54, 1.807) is 18.2 Å². The largest absolute Gasteiger partial charge is 0.411 e. The quantitative estimate of drug-likeness (QED) is 0.402. The fourth-order valence-electron chi connectivity index (χ4n) is 2.55. The third-order valence-corrected chi connectivity index (χ3v) is 4.17. The van der Waals surface area contributed by atoms with Crippen LogP contribution >= 0.6 is 23.2 Å². The summed E-state index contributed by atoms with van der Waals surface area (Å²) in [5.74, 6) is 0.140. The van der Waals surface area contributed by atoms with Crippen molar-refractivity contribution in [3.8, 4) is 0 Å². The second-order valence-electron chi connectivity index (χ2n) is 4.85. The lowest BCUT2D eigenvalue weighted by Crippen LogP contribution is -2.37. The van der Waals surface area contributed by atoms with E-state index in [1.807, 2.05) is 0 Å². The molecule has 0 unspecified atom stereocenters. The number of carbonyl (C=O) groups is 1. The van der Waals surface area contributed by atoms with Crippen LogP contribution in [0, 0.1) is 5.92 Å². The first-order chi connectivity index (χ1) is 9.65. The molecule has 1 N–H and O–H groups in total. The van der Waals surface area contributed by atoms with Crippen LogP contribution in [0.1, 0.15) is 18.4 Å². The van der Waals surface area contributed by atoms with E-state index in [0.717, 1.165) is 32.2 Å². The second kappa shape index (κ2) is 7.07. The van der Waals surface area contributed by atoms with Gasteiger partial charge < -0.3 is 10.0 Å². The molecule has 0 radical (unpaired) electrons. The summed E-state index contributed by atoms with van der Waals surface area (Å²) in [5, 5.41) is 13.8. The number of piperidine rings is 1. The predicted octanol–water partition coefficient (Wildman–Crippen LogP) is 3.08. The van der Waals surface area contributed by atoms with Gasteiger partial charge in [-0.25, -0.2) is 0 Å². The van der Waals surface area contributed by atoms with Crippen LogP contribution in [0.2, 0.25) is 10.0 Å². The predicted molar refractivity (Wildman–Crippen MR) is 80.0 cm³/mol. The van der Waals surface area contributed by atoms with Gasteiger partial charge in [-0.2, -0.15) is 0 Å². The van der Waals surface area contributed by atoms with Gasteiger partial charge in [0.05, 0.1) is 17.3 Å². The average Bonchev–Trinajstić information content (AvgIpc) is 2.44. The molecule has 0 saturated carbocycles. The first-order valence-corrected chi connectivity index (χ1v) is 7.24. The van der Waals surface area contributed by atoms with Gasteiger partial charge in [-0.05, 0) is 38.1 Å². The molecule has 2 rings (SSSR count). The van der Waals surface area contributed by atoms with Gasteiger partial charge in [-0.1, -0.05) is 34.4 Å². The lowest BCUT2D eigenvalue weighted by Gasteiger charge is -2.31.